The zero-order chi connectivity index (χ0) is 40.4. The number of para-hydroxylation sites is 2. The maximum Gasteiger partial charge on any atom is 0.244 e. The standard InChI is InChI=1S/C54H36N2O2S2/c57-51(49-35-45(39-19-5-1-6-20-39)53(59-49)55(41-27-9-3-10-28-41)47-33-17-25-37-23-13-15-31-43(37)47)52(58)50-36-46(40-21-7-2-8-22-40)54(60-50)56(42-29-11-4-12-30-42)48-34-18-26-38-24-14-16-32-44(38)48/h1-36H. The molecule has 8 aromatic carbocycles. The third kappa shape index (κ3) is 6.88. The smallest absolute Gasteiger partial charge is 0.244 e. The fourth-order valence-electron chi connectivity index (χ4n) is 7.88. The fraction of sp³-hybridized carbons (Fsp3) is 0. The fourth-order valence-corrected chi connectivity index (χ4v) is 10.2. The van der Waals surface area contributed by atoms with Crippen molar-refractivity contribution < 1.29 is 9.59 Å². The summed E-state index contributed by atoms with van der Waals surface area (Å²) in [6.07, 6.45) is 0. The van der Waals surface area contributed by atoms with Crippen molar-refractivity contribution in [3.05, 3.63) is 228 Å². The first-order valence-electron chi connectivity index (χ1n) is 19.8. The predicted molar refractivity (Wildman–Crippen MR) is 253 cm³/mol. The Morgan fingerprint density at radius 1 is 0.350 bits per heavy atom. The van der Waals surface area contributed by atoms with Gasteiger partial charge in [-0.1, -0.05) is 170 Å². The van der Waals surface area contributed by atoms with Crippen molar-refractivity contribution in [2.24, 2.45) is 0 Å². The monoisotopic (exact) mass is 808 g/mol. The average Bonchev–Trinajstić information content (AvgIpc) is 3.96. The number of Topliss-reactive ketones (excluding diaryl/α,β-unsaturated/α-hetero) is 2. The summed E-state index contributed by atoms with van der Waals surface area (Å²) < 4.78 is 0. The second kappa shape index (κ2) is 16.1. The molecule has 0 radical (unpaired) electrons. The van der Waals surface area contributed by atoms with Crippen LogP contribution >= 0.6 is 22.7 Å². The van der Waals surface area contributed by atoms with Crippen LogP contribution in [0.3, 0.4) is 0 Å². The van der Waals surface area contributed by atoms with E-state index < -0.39 is 11.6 Å². The van der Waals surface area contributed by atoms with E-state index in [1.54, 1.807) is 0 Å². The number of thiophene rings is 2. The molecule has 10 rings (SSSR count). The minimum atomic E-state index is -0.543. The van der Waals surface area contributed by atoms with Gasteiger partial charge in [-0.05, 0) is 70.4 Å². The molecule has 0 aliphatic carbocycles. The number of fused-ring (bicyclic) bond motifs is 2. The lowest BCUT2D eigenvalue weighted by Crippen LogP contribution is -2.12. The maximum atomic E-state index is 14.8. The number of carbonyl (C=O) groups is 2. The van der Waals surface area contributed by atoms with Gasteiger partial charge in [-0.3, -0.25) is 9.59 Å². The number of ketones is 2. The molecule has 6 heteroatoms. The molecule has 0 saturated carbocycles. The van der Waals surface area contributed by atoms with Crippen molar-refractivity contribution in [1.82, 2.24) is 0 Å². The highest BCUT2D eigenvalue weighted by Gasteiger charge is 2.30. The molecule has 4 nitrogen and oxygen atoms in total. The minimum Gasteiger partial charge on any atom is -0.301 e. The lowest BCUT2D eigenvalue weighted by Gasteiger charge is -2.26. The first-order valence-corrected chi connectivity index (χ1v) is 21.4. The Morgan fingerprint density at radius 2 is 0.683 bits per heavy atom. The van der Waals surface area contributed by atoms with Gasteiger partial charge in [0.15, 0.2) is 0 Å². The lowest BCUT2D eigenvalue weighted by atomic mass is 10.0. The van der Waals surface area contributed by atoms with Crippen molar-refractivity contribution in [2.75, 3.05) is 9.80 Å². The van der Waals surface area contributed by atoms with Gasteiger partial charge in [0.05, 0.1) is 21.1 Å². The molecule has 0 aliphatic heterocycles. The normalized spacial score (nSPS) is 11.1. The van der Waals surface area contributed by atoms with E-state index >= 15 is 0 Å². The van der Waals surface area contributed by atoms with Gasteiger partial charge < -0.3 is 9.80 Å². The molecule has 0 N–H and O–H groups in total. The van der Waals surface area contributed by atoms with E-state index in [2.05, 4.69) is 119 Å². The molecule has 286 valence electrons. The van der Waals surface area contributed by atoms with Crippen molar-refractivity contribution in [2.45, 2.75) is 0 Å². The van der Waals surface area contributed by atoms with E-state index in [-0.39, 0.29) is 0 Å². The van der Waals surface area contributed by atoms with Crippen LogP contribution in [0.15, 0.2) is 218 Å². The van der Waals surface area contributed by atoms with Crippen molar-refractivity contribution in [3.63, 3.8) is 0 Å². The molecule has 0 amide bonds. The van der Waals surface area contributed by atoms with Crippen LogP contribution in [-0.4, -0.2) is 11.6 Å². The second-order valence-corrected chi connectivity index (χ2v) is 16.4. The molecule has 60 heavy (non-hydrogen) atoms. The Hall–Kier alpha value is -7.38. The first kappa shape index (κ1) is 36.9. The SMILES string of the molecule is O=C(C(=O)c1cc(-c2ccccc2)c(N(c2ccccc2)c2cccc3ccccc23)s1)c1cc(-c2ccccc2)c(N(c2ccccc2)c2cccc3ccccc23)s1. The highest BCUT2D eigenvalue weighted by molar-refractivity contribution is 7.21. The van der Waals surface area contributed by atoms with Gasteiger partial charge in [-0.15, -0.1) is 22.7 Å². The van der Waals surface area contributed by atoms with Crippen molar-refractivity contribution in [3.8, 4) is 22.3 Å². The number of anilines is 6. The van der Waals surface area contributed by atoms with Crippen molar-refractivity contribution in [1.29, 1.82) is 0 Å². The van der Waals surface area contributed by atoms with Gasteiger partial charge in [0.2, 0.25) is 11.6 Å². The van der Waals surface area contributed by atoms with Gasteiger partial charge in [-0.2, -0.15) is 0 Å². The number of rotatable bonds is 11. The molecule has 2 heterocycles. The summed E-state index contributed by atoms with van der Waals surface area (Å²) in [4.78, 5) is 34.8. The largest absolute Gasteiger partial charge is 0.301 e. The molecule has 0 aliphatic rings. The number of benzene rings is 8. The van der Waals surface area contributed by atoms with Crippen LogP contribution in [0.2, 0.25) is 0 Å². The highest BCUT2D eigenvalue weighted by atomic mass is 32.1. The Labute approximate surface area is 356 Å². The summed E-state index contributed by atoms with van der Waals surface area (Å²) in [6.45, 7) is 0. The summed E-state index contributed by atoms with van der Waals surface area (Å²) >= 11 is 2.70. The maximum absolute atomic E-state index is 14.8. The Morgan fingerprint density at radius 3 is 1.08 bits per heavy atom. The number of hydrogen-bond donors (Lipinski definition) is 0. The van der Waals surface area contributed by atoms with E-state index in [0.717, 1.165) is 76.6 Å². The number of hydrogen-bond acceptors (Lipinski definition) is 6. The van der Waals surface area contributed by atoms with Crippen LogP contribution in [0.25, 0.3) is 43.8 Å². The Balaban J connectivity index is 1.13. The topological polar surface area (TPSA) is 40.6 Å². The van der Waals surface area contributed by atoms with Gasteiger partial charge >= 0.3 is 0 Å². The second-order valence-electron chi connectivity index (χ2n) is 14.4. The quantitative estimate of drug-likeness (QED) is 0.0964. The van der Waals surface area contributed by atoms with Gasteiger partial charge in [0.1, 0.15) is 10.0 Å². The zero-order valence-corrected chi connectivity index (χ0v) is 33.9. The highest BCUT2D eigenvalue weighted by Crippen LogP contribution is 2.50. The molecule has 0 spiro atoms. The average molecular weight is 809 g/mol. The van der Waals surface area contributed by atoms with Gasteiger partial charge in [0.25, 0.3) is 0 Å². The van der Waals surface area contributed by atoms with Gasteiger partial charge in [-0.25, -0.2) is 0 Å². The van der Waals surface area contributed by atoms with Crippen LogP contribution in [0.1, 0.15) is 19.3 Å². The van der Waals surface area contributed by atoms with Crippen LogP contribution in [-0.2, 0) is 0 Å². The zero-order valence-electron chi connectivity index (χ0n) is 32.3. The third-order valence-electron chi connectivity index (χ3n) is 10.7. The van der Waals surface area contributed by atoms with Crippen LogP contribution in [0, 0.1) is 0 Å². The summed E-state index contributed by atoms with van der Waals surface area (Å²) in [5, 5.41) is 6.07. The molecular weight excluding hydrogens is 773 g/mol. The van der Waals surface area contributed by atoms with E-state index in [4.69, 9.17) is 0 Å². The van der Waals surface area contributed by atoms with Crippen LogP contribution in [0.5, 0.6) is 0 Å². The molecule has 0 atom stereocenters. The van der Waals surface area contributed by atoms with E-state index in [1.165, 1.54) is 22.7 Å². The lowest BCUT2D eigenvalue weighted by molar-refractivity contribution is 0.0821. The van der Waals surface area contributed by atoms with Gasteiger partial charge in [0, 0.05) is 33.3 Å². The molecule has 2 aromatic heterocycles. The third-order valence-corrected chi connectivity index (χ3v) is 12.9. The van der Waals surface area contributed by atoms with Crippen LogP contribution in [0.4, 0.5) is 32.8 Å². The predicted octanol–water partition coefficient (Wildman–Crippen LogP) is 15.5. The van der Waals surface area contributed by atoms with Crippen LogP contribution < -0.4 is 9.80 Å². The molecule has 0 bridgehead atoms. The first-order chi connectivity index (χ1) is 29.6. The Kier molecular flexibility index (Phi) is 9.91. The molecule has 0 fully saturated rings. The molecular formula is C54H36N2O2S2. The number of carbonyl (C=O) groups excluding carboxylic acids is 2. The number of nitrogens with zero attached hydrogens (tertiary/aromatic N) is 2. The summed E-state index contributed by atoms with van der Waals surface area (Å²) in [7, 11) is 0. The molecule has 0 saturated heterocycles. The Bertz CT molecular complexity index is 2920. The summed E-state index contributed by atoms with van der Waals surface area (Å²) in [6, 6.07) is 73.6. The minimum absolute atomic E-state index is 0.375. The van der Waals surface area contributed by atoms with Crippen molar-refractivity contribution >= 4 is 88.5 Å². The molecule has 10 aromatic rings. The summed E-state index contributed by atoms with van der Waals surface area (Å²) in [5.41, 5.74) is 7.51. The van der Waals surface area contributed by atoms with E-state index in [0.29, 0.717) is 9.75 Å². The van der Waals surface area contributed by atoms with E-state index in [9.17, 15) is 9.59 Å². The van der Waals surface area contributed by atoms with E-state index in [1.807, 2.05) is 109 Å². The summed E-state index contributed by atoms with van der Waals surface area (Å²) in [5.74, 6) is -1.09. The molecule has 0 unspecified atom stereocenters.